The van der Waals surface area contributed by atoms with Gasteiger partial charge in [-0.25, -0.2) is 0 Å². The summed E-state index contributed by atoms with van der Waals surface area (Å²) in [5.74, 6) is 0.594. The van der Waals surface area contributed by atoms with Crippen LogP contribution in [0.25, 0.3) is 5.57 Å². The fourth-order valence-corrected chi connectivity index (χ4v) is 3.55. The molecule has 0 bridgehead atoms. The van der Waals surface area contributed by atoms with Crippen molar-refractivity contribution in [1.82, 2.24) is 4.90 Å². The van der Waals surface area contributed by atoms with Gasteiger partial charge in [-0.2, -0.15) is 0 Å². The van der Waals surface area contributed by atoms with E-state index >= 15 is 0 Å². The van der Waals surface area contributed by atoms with E-state index in [1.54, 1.807) is 36.6 Å². The van der Waals surface area contributed by atoms with Crippen LogP contribution in [0, 0.1) is 0 Å². The third-order valence-corrected chi connectivity index (χ3v) is 4.86. The zero-order chi connectivity index (χ0) is 17.1. The maximum absolute atomic E-state index is 12.7. The van der Waals surface area contributed by atoms with E-state index in [9.17, 15) is 9.59 Å². The maximum atomic E-state index is 12.7. The predicted octanol–water partition coefficient (Wildman–Crippen LogP) is 4.13. The van der Waals surface area contributed by atoms with Gasteiger partial charge in [0.25, 0.3) is 11.8 Å². The average Bonchev–Trinajstić information content (AvgIpc) is 3.16. The van der Waals surface area contributed by atoms with Crippen molar-refractivity contribution in [2.45, 2.75) is 5.75 Å². The molecule has 1 aliphatic heterocycles. The molecule has 2 amide bonds. The van der Waals surface area contributed by atoms with Crippen molar-refractivity contribution in [2.24, 2.45) is 0 Å². The van der Waals surface area contributed by atoms with Gasteiger partial charge < -0.3 is 4.42 Å². The van der Waals surface area contributed by atoms with E-state index in [0.717, 1.165) is 5.76 Å². The maximum Gasteiger partial charge on any atom is 0.268 e. The van der Waals surface area contributed by atoms with Crippen LogP contribution >= 0.6 is 23.4 Å². The molecule has 0 spiro atoms. The molecule has 2 heterocycles. The second kappa shape index (κ2) is 7.11. The monoisotopic (exact) mass is 359 g/mol. The molecule has 1 aromatic carbocycles. The molecule has 0 saturated carbocycles. The largest absolute Gasteiger partial charge is 0.468 e. The highest BCUT2D eigenvalue weighted by Crippen LogP contribution is 2.37. The lowest BCUT2D eigenvalue weighted by atomic mass is 10.1. The van der Waals surface area contributed by atoms with Gasteiger partial charge in [0.15, 0.2) is 0 Å². The van der Waals surface area contributed by atoms with E-state index in [1.165, 1.54) is 22.7 Å². The first-order chi connectivity index (χ1) is 11.6. The minimum Gasteiger partial charge on any atom is -0.468 e. The van der Waals surface area contributed by atoms with E-state index in [4.69, 9.17) is 16.0 Å². The number of furan rings is 1. The van der Waals surface area contributed by atoms with Gasteiger partial charge >= 0.3 is 0 Å². The van der Waals surface area contributed by atoms with Gasteiger partial charge in [0.2, 0.25) is 0 Å². The second-order valence-electron chi connectivity index (χ2n) is 5.09. The number of benzene rings is 1. The zero-order valence-electron chi connectivity index (χ0n) is 12.7. The first-order valence-electron chi connectivity index (χ1n) is 7.24. The van der Waals surface area contributed by atoms with Crippen LogP contribution < -0.4 is 0 Å². The van der Waals surface area contributed by atoms with E-state index in [1.807, 2.05) is 6.07 Å². The highest BCUT2D eigenvalue weighted by molar-refractivity contribution is 8.03. The first-order valence-corrected chi connectivity index (χ1v) is 8.60. The average molecular weight is 360 g/mol. The molecule has 6 heteroatoms. The highest BCUT2D eigenvalue weighted by Gasteiger charge is 2.38. The summed E-state index contributed by atoms with van der Waals surface area (Å²) in [5, 5.41) is 0.573. The van der Waals surface area contributed by atoms with Gasteiger partial charge in [0.1, 0.15) is 5.76 Å². The van der Waals surface area contributed by atoms with Gasteiger partial charge in [-0.05, 0) is 29.8 Å². The van der Waals surface area contributed by atoms with Crippen LogP contribution in [0.15, 0.2) is 64.6 Å². The molecule has 1 aromatic heterocycles. The Morgan fingerprint density at radius 1 is 1.17 bits per heavy atom. The van der Waals surface area contributed by atoms with Crippen molar-refractivity contribution in [3.05, 3.63) is 76.6 Å². The van der Waals surface area contributed by atoms with Crippen molar-refractivity contribution in [3.63, 3.8) is 0 Å². The van der Waals surface area contributed by atoms with E-state index in [-0.39, 0.29) is 18.4 Å². The Hall–Kier alpha value is -2.24. The molecular weight excluding hydrogens is 346 g/mol. The number of hydrogen-bond donors (Lipinski definition) is 0. The number of halogens is 1. The minimum atomic E-state index is -0.316. The van der Waals surface area contributed by atoms with Gasteiger partial charge in [0, 0.05) is 11.6 Å². The van der Waals surface area contributed by atoms with Gasteiger partial charge in [-0.3, -0.25) is 14.5 Å². The van der Waals surface area contributed by atoms with Crippen LogP contribution in [-0.2, 0) is 15.3 Å². The number of carbonyl (C=O) groups is 2. The summed E-state index contributed by atoms with van der Waals surface area (Å²) in [7, 11) is 0. The van der Waals surface area contributed by atoms with Crippen LogP contribution in [0.2, 0.25) is 5.02 Å². The number of hydrogen-bond acceptors (Lipinski definition) is 4. The molecule has 3 rings (SSSR count). The number of nitrogens with zero attached hydrogens (tertiary/aromatic N) is 1. The SMILES string of the molecule is C=CCN1C(=O)C(SCc2ccco2)=C(c2ccc(Cl)cc2)C1=O. The van der Waals surface area contributed by atoms with Gasteiger partial charge in [-0.1, -0.05) is 29.8 Å². The second-order valence-corrected chi connectivity index (χ2v) is 6.51. The fraction of sp³-hybridized carbons (Fsp3) is 0.111. The summed E-state index contributed by atoms with van der Waals surface area (Å²) >= 11 is 7.21. The van der Waals surface area contributed by atoms with E-state index in [0.29, 0.717) is 26.8 Å². The quantitative estimate of drug-likeness (QED) is 0.574. The van der Waals surface area contributed by atoms with E-state index < -0.39 is 0 Å². The topological polar surface area (TPSA) is 50.5 Å². The van der Waals surface area contributed by atoms with Crippen molar-refractivity contribution < 1.29 is 14.0 Å². The summed E-state index contributed by atoms with van der Waals surface area (Å²) in [4.78, 5) is 26.9. The molecule has 0 fully saturated rings. The van der Waals surface area contributed by atoms with Crippen LogP contribution in [0.1, 0.15) is 11.3 Å². The normalized spacial score (nSPS) is 14.6. The summed E-state index contributed by atoms with van der Waals surface area (Å²) in [6.07, 6.45) is 3.12. The zero-order valence-corrected chi connectivity index (χ0v) is 14.3. The lowest BCUT2D eigenvalue weighted by Gasteiger charge is -2.11. The summed E-state index contributed by atoms with van der Waals surface area (Å²) in [5.41, 5.74) is 1.07. The summed E-state index contributed by atoms with van der Waals surface area (Å²) in [6, 6.07) is 10.5. The van der Waals surface area contributed by atoms with Crippen LogP contribution in [0.5, 0.6) is 0 Å². The molecule has 0 aliphatic carbocycles. The molecule has 1 aliphatic rings. The Bertz CT molecular complexity index is 809. The molecule has 122 valence electrons. The van der Waals surface area contributed by atoms with Crippen LogP contribution in [0.3, 0.4) is 0 Å². The fourth-order valence-electron chi connectivity index (χ4n) is 2.39. The number of carbonyl (C=O) groups excluding carboxylic acids is 2. The molecule has 0 N–H and O–H groups in total. The van der Waals surface area contributed by atoms with Crippen molar-refractivity contribution in [3.8, 4) is 0 Å². The molecule has 0 unspecified atom stereocenters. The highest BCUT2D eigenvalue weighted by atomic mass is 35.5. The Labute approximate surface area is 148 Å². The minimum absolute atomic E-state index is 0.180. The third-order valence-electron chi connectivity index (χ3n) is 3.51. The lowest BCUT2D eigenvalue weighted by molar-refractivity contribution is -0.135. The molecule has 4 nitrogen and oxygen atoms in total. The van der Waals surface area contributed by atoms with Gasteiger partial charge in [-0.15, -0.1) is 18.3 Å². The molecule has 24 heavy (non-hydrogen) atoms. The number of thioether (sulfide) groups is 1. The number of rotatable bonds is 6. The van der Waals surface area contributed by atoms with Gasteiger partial charge in [0.05, 0.1) is 22.5 Å². The Balaban J connectivity index is 1.97. The molecule has 0 atom stereocenters. The summed E-state index contributed by atoms with van der Waals surface area (Å²) < 4.78 is 5.30. The molecule has 0 radical (unpaired) electrons. The van der Waals surface area contributed by atoms with Crippen molar-refractivity contribution in [1.29, 1.82) is 0 Å². The Morgan fingerprint density at radius 3 is 2.54 bits per heavy atom. The predicted molar refractivity (Wildman–Crippen MR) is 95.3 cm³/mol. The number of amides is 2. The smallest absolute Gasteiger partial charge is 0.268 e. The third kappa shape index (κ3) is 3.18. The molecular formula is C18H14ClNO3S. The molecule has 2 aromatic rings. The Morgan fingerprint density at radius 2 is 1.92 bits per heavy atom. The Kier molecular flexibility index (Phi) is 4.92. The lowest BCUT2D eigenvalue weighted by Crippen LogP contribution is -2.31. The first kappa shape index (κ1) is 16.6. The van der Waals surface area contributed by atoms with Crippen LogP contribution in [-0.4, -0.2) is 23.3 Å². The molecule has 0 saturated heterocycles. The summed E-state index contributed by atoms with van der Waals surface area (Å²) in [6.45, 7) is 3.79. The van der Waals surface area contributed by atoms with Crippen molar-refractivity contribution >= 4 is 40.8 Å². The number of imide groups is 1. The van der Waals surface area contributed by atoms with Crippen LogP contribution in [0.4, 0.5) is 0 Å². The standard InChI is InChI=1S/C18H14ClNO3S/c1-2-9-20-17(21)15(12-5-7-13(19)8-6-12)16(18(20)22)24-11-14-4-3-10-23-14/h2-8,10H,1,9,11H2. The van der Waals surface area contributed by atoms with Crippen molar-refractivity contribution in [2.75, 3.05) is 6.54 Å². The van der Waals surface area contributed by atoms with E-state index in [2.05, 4.69) is 6.58 Å².